The van der Waals surface area contributed by atoms with Gasteiger partial charge < -0.3 is 5.73 Å². The third-order valence-electron chi connectivity index (χ3n) is 2.19. The number of Topliss-reactive ketones (excluding diaryl/α,β-unsaturated/α-hetero) is 1. The van der Waals surface area contributed by atoms with Gasteiger partial charge in [0, 0.05) is 16.1 Å². The van der Waals surface area contributed by atoms with Crippen LogP contribution in [0.25, 0.3) is 0 Å². The van der Waals surface area contributed by atoms with E-state index in [2.05, 4.69) is 41.4 Å². The topological polar surface area (TPSA) is 55.5 Å². The molecule has 0 spiro atoms. The maximum Gasteiger partial charge on any atom is 0.153 e. The van der Waals surface area contributed by atoms with Crippen molar-refractivity contribution in [1.82, 2.24) is 0 Å². The van der Waals surface area contributed by atoms with Crippen molar-refractivity contribution >= 4 is 62.4 Å². The maximum atomic E-state index is 11.3. The molecule has 0 saturated heterocycles. The third-order valence-corrected chi connectivity index (χ3v) is 5.44. The van der Waals surface area contributed by atoms with E-state index in [0.717, 1.165) is 10.8 Å². The van der Waals surface area contributed by atoms with Crippen LogP contribution < -0.4 is 5.73 Å². The minimum Gasteiger partial charge on any atom is -0.388 e. The van der Waals surface area contributed by atoms with E-state index in [0.29, 0.717) is 27.6 Å². The number of thiocarbonyl (C=S) groups is 1. The number of carbonyl (C=O) groups excluding carboxylic acids is 1. The average molecular weight is 400 g/mol. The lowest BCUT2D eigenvalue weighted by Crippen LogP contribution is -2.23. The number of halogens is 1. The van der Waals surface area contributed by atoms with Crippen molar-refractivity contribution in [2.45, 2.75) is 38.9 Å². The predicted molar refractivity (Wildman–Crippen MR) is 94.1 cm³/mol. The maximum absolute atomic E-state index is 11.3. The van der Waals surface area contributed by atoms with Gasteiger partial charge in [-0.3, -0.25) is 9.79 Å². The molecule has 0 aliphatic carbocycles. The van der Waals surface area contributed by atoms with Crippen molar-refractivity contribution in [1.29, 1.82) is 0 Å². The average Bonchev–Trinajstić information content (AvgIpc) is 2.31. The van der Waals surface area contributed by atoms with Crippen molar-refractivity contribution in [2.75, 3.05) is 11.0 Å². The molecule has 0 aromatic heterocycles. The number of ketones is 1. The fourth-order valence-corrected chi connectivity index (χ4v) is 3.49. The Balaban J connectivity index is 4.59. The van der Waals surface area contributed by atoms with E-state index < -0.39 is 0 Å². The summed E-state index contributed by atoms with van der Waals surface area (Å²) in [6, 6.07) is 0. The molecule has 0 saturated carbocycles. The third kappa shape index (κ3) is 8.42. The normalized spacial score (nSPS) is 13.7. The molecule has 104 valence electrons. The van der Waals surface area contributed by atoms with Gasteiger partial charge in [0.25, 0.3) is 0 Å². The Morgan fingerprint density at radius 2 is 2.11 bits per heavy atom. The Morgan fingerprint density at radius 3 is 2.50 bits per heavy atom. The van der Waals surface area contributed by atoms with Gasteiger partial charge in [-0.1, -0.05) is 67.3 Å². The number of alkyl halides is 1. The second-order valence-corrected chi connectivity index (χ2v) is 7.01. The van der Waals surface area contributed by atoms with Crippen molar-refractivity contribution < 1.29 is 4.79 Å². The van der Waals surface area contributed by atoms with Crippen LogP contribution in [-0.4, -0.2) is 32.0 Å². The van der Waals surface area contributed by atoms with E-state index in [1.54, 1.807) is 11.8 Å². The van der Waals surface area contributed by atoms with Crippen LogP contribution in [0.5, 0.6) is 0 Å². The first kappa shape index (κ1) is 18.3. The molecule has 2 N–H and O–H groups in total. The first-order valence-electron chi connectivity index (χ1n) is 5.99. The summed E-state index contributed by atoms with van der Waals surface area (Å²) in [5, 5.41) is 1.09. The molecule has 18 heavy (non-hydrogen) atoms. The molecule has 0 aromatic rings. The summed E-state index contributed by atoms with van der Waals surface area (Å²) in [4.78, 5) is 15.8. The monoisotopic (exact) mass is 400 g/mol. The van der Waals surface area contributed by atoms with E-state index in [1.807, 2.05) is 6.92 Å². The first-order chi connectivity index (χ1) is 8.40. The number of hydrogen-bond acceptors (Lipinski definition) is 4. The summed E-state index contributed by atoms with van der Waals surface area (Å²) in [6.07, 6.45) is 1.59. The zero-order valence-corrected chi connectivity index (χ0v) is 14.9. The number of nitrogens with zero attached hydrogens (tertiary/aromatic N) is 1. The Bertz CT molecular complexity index is 319. The van der Waals surface area contributed by atoms with E-state index in [1.165, 1.54) is 0 Å². The van der Waals surface area contributed by atoms with Crippen LogP contribution in [0.15, 0.2) is 4.99 Å². The molecule has 0 aliphatic rings. The van der Waals surface area contributed by atoms with Crippen LogP contribution in [0.1, 0.15) is 33.6 Å². The molecule has 1 atom stereocenters. The Labute approximate surface area is 133 Å². The fraction of sp³-hybridized carbons (Fsp3) is 0.750. The highest BCUT2D eigenvalue weighted by molar-refractivity contribution is 14.1. The first-order valence-corrected chi connectivity index (χ1v) is 8.80. The SMILES string of the molecule is CCC(=O)CN=C(SC(CI)CC(C)C)C(N)=S. The zero-order valence-electron chi connectivity index (χ0n) is 11.1. The van der Waals surface area contributed by atoms with Crippen LogP contribution in [0.2, 0.25) is 0 Å². The molecule has 0 rings (SSSR count). The molecule has 0 aliphatic heterocycles. The van der Waals surface area contributed by atoms with Gasteiger partial charge >= 0.3 is 0 Å². The molecule has 6 heteroatoms. The second kappa shape index (κ2) is 10.1. The highest BCUT2D eigenvalue weighted by Gasteiger charge is 2.15. The molecule has 0 fully saturated rings. The van der Waals surface area contributed by atoms with Crippen LogP contribution in [-0.2, 0) is 4.79 Å². The molecular formula is C12H21IN2OS2. The smallest absolute Gasteiger partial charge is 0.153 e. The van der Waals surface area contributed by atoms with E-state index in [4.69, 9.17) is 18.0 Å². The van der Waals surface area contributed by atoms with Crippen molar-refractivity contribution in [3.05, 3.63) is 0 Å². The molecule has 3 nitrogen and oxygen atoms in total. The number of nitrogens with two attached hydrogens (primary N) is 1. The van der Waals surface area contributed by atoms with Crippen LogP contribution in [0, 0.1) is 5.92 Å². The number of rotatable bonds is 7. The molecule has 0 heterocycles. The lowest BCUT2D eigenvalue weighted by molar-refractivity contribution is -0.117. The molecule has 0 aromatic carbocycles. The van der Waals surface area contributed by atoms with Gasteiger partial charge in [0.05, 0.1) is 6.54 Å². The van der Waals surface area contributed by atoms with Crippen molar-refractivity contribution in [3.8, 4) is 0 Å². The highest BCUT2D eigenvalue weighted by Crippen LogP contribution is 2.23. The Hall–Kier alpha value is 0.310. The van der Waals surface area contributed by atoms with Gasteiger partial charge in [-0.25, -0.2) is 0 Å². The van der Waals surface area contributed by atoms with E-state index in [9.17, 15) is 4.79 Å². The summed E-state index contributed by atoms with van der Waals surface area (Å²) in [5.74, 6) is 0.737. The van der Waals surface area contributed by atoms with Gasteiger partial charge in [-0.05, 0) is 12.3 Å². The zero-order chi connectivity index (χ0) is 14.1. The fourth-order valence-electron chi connectivity index (χ4n) is 1.27. The summed E-state index contributed by atoms with van der Waals surface area (Å²) in [5.41, 5.74) is 5.66. The molecule has 0 radical (unpaired) electrons. The van der Waals surface area contributed by atoms with Crippen molar-refractivity contribution in [3.63, 3.8) is 0 Å². The molecular weight excluding hydrogens is 379 g/mol. The van der Waals surface area contributed by atoms with Crippen LogP contribution in [0.3, 0.4) is 0 Å². The van der Waals surface area contributed by atoms with Gasteiger partial charge in [0.15, 0.2) is 5.78 Å². The van der Waals surface area contributed by atoms with E-state index in [-0.39, 0.29) is 12.3 Å². The summed E-state index contributed by atoms with van der Waals surface area (Å²) < 4.78 is 1.02. The van der Waals surface area contributed by atoms with Gasteiger partial charge in [0.2, 0.25) is 0 Å². The van der Waals surface area contributed by atoms with Crippen LogP contribution >= 0.6 is 46.6 Å². The number of thioether (sulfide) groups is 1. The lowest BCUT2D eigenvalue weighted by atomic mass is 10.1. The summed E-state index contributed by atoms with van der Waals surface area (Å²) in [7, 11) is 0. The lowest BCUT2D eigenvalue weighted by Gasteiger charge is -2.16. The number of aliphatic imine (C=N–C) groups is 1. The predicted octanol–water partition coefficient (Wildman–Crippen LogP) is 3.23. The molecule has 0 amide bonds. The van der Waals surface area contributed by atoms with Crippen molar-refractivity contribution in [2.24, 2.45) is 16.6 Å². The minimum atomic E-state index is 0.110. The van der Waals surface area contributed by atoms with Gasteiger partial charge in [0.1, 0.15) is 10.0 Å². The molecule has 1 unspecified atom stereocenters. The van der Waals surface area contributed by atoms with Gasteiger partial charge in [-0.15, -0.1) is 0 Å². The summed E-state index contributed by atoms with van der Waals surface area (Å²) in [6.45, 7) is 6.40. The Kier molecular flexibility index (Phi) is 10.3. The summed E-state index contributed by atoms with van der Waals surface area (Å²) >= 11 is 8.96. The molecule has 0 bridgehead atoms. The van der Waals surface area contributed by atoms with E-state index >= 15 is 0 Å². The second-order valence-electron chi connectivity index (χ2n) is 4.40. The largest absolute Gasteiger partial charge is 0.388 e. The number of carbonyl (C=O) groups is 1. The van der Waals surface area contributed by atoms with Gasteiger partial charge in [-0.2, -0.15) is 0 Å². The Morgan fingerprint density at radius 1 is 1.50 bits per heavy atom. The minimum absolute atomic E-state index is 0.110. The highest BCUT2D eigenvalue weighted by atomic mass is 127. The standard InChI is InChI=1S/C12H21IN2OS2/c1-4-9(16)7-15-12(11(14)17)18-10(6-13)5-8(2)3/h8,10H,4-7H2,1-3H3,(H2,14,17). The van der Waals surface area contributed by atoms with Crippen LogP contribution in [0.4, 0.5) is 0 Å². The quantitative estimate of drug-likeness (QED) is 0.234. The number of hydrogen-bond donors (Lipinski definition) is 1.